The molecule has 4 aromatic carbocycles. The maximum atomic E-state index is 13.6. The van der Waals surface area contributed by atoms with E-state index < -0.39 is 12.1 Å². The van der Waals surface area contributed by atoms with Gasteiger partial charge >= 0.3 is 6.09 Å². The number of benzene rings is 4. The molecule has 9 nitrogen and oxygen atoms in total. The number of ether oxygens (including phenoxy) is 3. The molecule has 42 heavy (non-hydrogen) atoms. The van der Waals surface area contributed by atoms with E-state index in [4.69, 9.17) is 14.9 Å². The highest BCUT2D eigenvalue weighted by atomic mass is 16.5. The van der Waals surface area contributed by atoms with Crippen LogP contribution < -0.4 is 25.4 Å². The molecule has 9 heteroatoms. The van der Waals surface area contributed by atoms with Crippen LogP contribution in [0.2, 0.25) is 0 Å². The summed E-state index contributed by atoms with van der Waals surface area (Å²) in [5.41, 5.74) is 3.81. The zero-order valence-electron chi connectivity index (χ0n) is 23.6. The van der Waals surface area contributed by atoms with Crippen LogP contribution in [0.1, 0.15) is 35.2 Å². The van der Waals surface area contributed by atoms with Crippen molar-refractivity contribution in [3.05, 3.63) is 125 Å². The van der Waals surface area contributed by atoms with E-state index in [1.165, 1.54) is 7.11 Å². The first-order chi connectivity index (χ1) is 20.5. The van der Waals surface area contributed by atoms with Gasteiger partial charge in [-0.15, -0.1) is 0 Å². The summed E-state index contributed by atoms with van der Waals surface area (Å²) in [6.07, 6.45) is -0.723. The van der Waals surface area contributed by atoms with Crippen molar-refractivity contribution < 1.29 is 23.8 Å². The predicted molar refractivity (Wildman–Crippen MR) is 162 cm³/mol. The van der Waals surface area contributed by atoms with Crippen LogP contribution in [-0.2, 0) is 22.7 Å². The van der Waals surface area contributed by atoms with E-state index >= 15 is 0 Å². The van der Waals surface area contributed by atoms with Gasteiger partial charge in [-0.1, -0.05) is 66.7 Å². The van der Waals surface area contributed by atoms with E-state index in [9.17, 15) is 9.59 Å². The molecule has 0 bridgehead atoms. The third kappa shape index (κ3) is 8.34. The van der Waals surface area contributed by atoms with Crippen molar-refractivity contribution in [3.8, 4) is 11.5 Å². The van der Waals surface area contributed by atoms with Gasteiger partial charge in [0.1, 0.15) is 18.5 Å². The largest absolute Gasteiger partial charge is 0.490 e. The SMILES string of the molecule is CCOc1cc(C(Nc2ccc(C(=N)NC(=O)OC)cc2)C(=O)NCc2ccccc2)ccc1OCc1ccccc1. The summed E-state index contributed by atoms with van der Waals surface area (Å²) in [6, 6.07) is 31.0. The Hall–Kier alpha value is -5.31. The monoisotopic (exact) mass is 566 g/mol. The number of amidine groups is 1. The van der Waals surface area contributed by atoms with Crippen LogP contribution in [-0.4, -0.2) is 31.6 Å². The topological polar surface area (TPSA) is 122 Å². The van der Waals surface area contributed by atoms with Gasteiger partial charge in [-0.2, -0.15) is 0 Å². The van der Waals surface area contributed by atoms with Gasteiger partial charge in [-0.25, -0.2) is 4.79 Å². The van der Waals surface area contributed by atoms with Crippen molar-refractivity contribution in [1.29, 1.82) is 5.41 Å². The summed E-state index contributed by atoms with van der Waals surface area (Å²) in [6.45, 7) is 3.07. The molecule has 1 atom stereocenters. The number of methoxy groups -OCH3 is 1. The molecule has 0 saturated heterocycles. The Labute approximate surface area is 245 Å². The van der Waals surface area contributed by atoms with Crippen molar-refractivity contribution in [3.63, 3.8) is 0 Å². The van der Waals surface area contributed by atoms with Crippen molar-refractivity contribution in [2.75, 3.05) is 19.0 Å². The van der Waals surface area contributed by atoms with Gasteiger partial charge in [-0.05, 0) is 60.0 Å². The third-order valence-electron chi connectivity index (χ3n) is 6.31. The van der Waals surface area contributed by atoms with Gasteiger partial charge in [0.25, 0.3) is 0 Å². The number of rotatable bonds is 12. The number of hydrogen-bond acceptors (Lipinski definition) is 7. The molecule has 0 aromatic heterocycles. The molecule has 4 aromatic rings. The number of anilines is 1. The molecule has 216 valence electrons. The average Bonchev–Trinajstić information content (AvgIpc) is 3.03. The van der Waals surface area contributed by atoms with Gasteiger partial charge in [-0.3, -0.25) is 15.5 Å². The summed E-state index contributed by atoms with van der Waals surface area (Å²) < 4.78 is 16.5. The first kappa shape index (κ1) is 29.7. The first-order valence-electron chi connectivity index (χ1n) is 13.5. The van der Waals surface area contributed by atoms with Gasteiger partial charge in [0, 0.05) is 17.8 Å². The van der Waals surface area contributed by atoms with Crippen LogP contribution in [0.25, 0.3) is 0 Å². The lowest BCUT2D eigenvalue weighted by molar-refractivity contribution is -0.122. The molecule has 2 amide bonds. The maximum absolute atomic E-state index is 13.6. The van der Waals surface area contributed by atoms with Crippen molar-refractivity contribution >= 4 is 23.5 Å². The highest BCUT2D eigenvalue weighted by Crippen LogP contribution is 2.33. The zero-order chi connectivity index (χ0) is 29.7. The zero-order valence-corrected chi connectivity index (χ0v) is 23.6. The number of nitrogens with one attached hydrogen (secondary N) is 4. The maximum Gasteiger partial charge on any atom is 0.412 e. The van der Waals surface area contributed by atoms with Crippen LogP contribution in [0.5, 0.6) is 11.5 Å². The molecule has 0 heterocycles. The Morgan fingerprint density at radius 2 is 1.48 bits per heavy atom. The second kappa shape index (κ2) is 14.9. The highest BCUT2D eigenvalue weighted by molar-refractivity contribution is 6.04. The van der Waals surface area contributed by atoms with Crippen LogP contribution in [0.4, 0.5) is 10.5 Å². The van der Waals surface area contributed by atoms with E-state index in [1.54, 1.807) is 24.3 Å². The molecule has 4 N–H and O–H groups in total. The van der Waals surface area contributed by atoms with Gasteiger partial charge in [0.2, 0.25) is 5.91 Å². The summed E-state index contributed by atoms with van der Waals surface area (Å²) >= 11 is 0. The Morgan fingerprint density at radius 1 is 0.810 bits per heavy atom. The lowest BCUT2D eigenvalue weighted by atomic mass is 10.0. The van der Waals surface area contributed by atoms with Crippen molar-refractivity contribution in [2.24, 2.45) is 0 Å². The van der Waals surface area contributed by atoms with Crippen molar-refractivity contribution in [1.82, 2.24) is 10.6 Å². The molecule has 1 unspecified atom stereocenters. The fraction of sp³-hybridized carbons (Fsp3) is 0.182. The molecule has 0 aliphatic carbocycles. The number of alkyl carbamates (subject to hydrolysis) is 1. The molecular weight excluding hydrogens is 532 g/mol. The quantitative estimate of drug-likeness (QED) is 0.127. The van der Waals surface area contributed by atoms with Crippen LogP contribution >= 0.6 is 0 Å². The fourth-order valence-corrected chi connectivity index (χ4v) is 4.14. The van der Waals surface area contributed by atoms with Crippen LogP contribution in [0.15, 0.2) is 103 Å². The summed E-state index contributed by atoms with van der Waals surface area (Å²) in [5, 5.41) is 16.7. The Bertz CT molecular complexity index is 1480. The highest BCUT2D eigenvalue weighted by Gasteiger charge is 2.23. The summed E-state index contributed by atoms with van der Waals surface area (Å²) in [5.74, 6) is 0.779. The normalized spacial score (nSPS) is 11.1. The minimum atomic E-state index is -0.769. The van der Waals surface area contributed by atoms with Crippen LogP contribution in [0.3, 0.4) is 0 Å². The second-order valence-corrected chi connectivity index (χ2v) is 9.26. The molecule has 0 aliphatic rings. The standard InChI is InChI=1S/C33H34N4O5/c1-3-41-29-20-26(16-19-28(29)42-22-24-12-8-5-9-13-24)30(32(38)35-21-23-10-6-4-7-11-23)36-27-17-14-25(15-18-27)31(34)37-33(39)40-2/h4-20,30,36H,3,21-22H2,1-2H3,(H,35,38)(H2,34,37,39). The number of carbonyl (C=O) groups is 2. The lowest BCUT2D eigenvalue weighted by Gasteiger charge is -2.22. The Morgan fingerprint density at radius 3 is 2.12 bits per heavy atom. The Kier molecular flexibility index (Phi) is 10.5. The van der Waals surface area contributed by atoms with Crippen molar-refractivity contribution in [2.45, 2.75) is 26.1 Å². The first-order valence-corrected chi connectivity index (χ1v) is 13.5. The molecule has 0 saturated carbocycles. The molecule has 0 fully saturated rings. The summed E-state index contributed by atoms with van der Waals surface area (Å²) in [4.78, 5) is 25.0. The average molecular weight is 567 g/mol. The smallest absolute Gasteiger partial charge is 0.412 e. The van der Waals surface area contributed by atoms with Gasteiger partial charge in [0.15, 0.2) is 11.5 Å². The molecule has 0 spiro atoms. The lowest BCUT2D eigenvalue weighted by Crippen LogP contribution is -2.33. The minimum Gasteiger partial charge on any atom is -0.490 e. The van der Waals surface area contributed by atoms with E-state index in [0.29, 0.717) is 48.1 Å². The predicted octanol–water partition coefficient (Wildman–Crippen LogP) is 5.82. The van der Waals surface area contributed by atoms with E-state index in [0.717, 1.165) is 11.1 Å². The van der Waals surface area contributed by atoms with E-state index in [1.807, 2.05) is 85.8 Å². The molecule has 0 aliphatic heterocycles. The number of hydrogen-bond donors (Lipinski definition) is 4. The summed E-state index contributed by atoms with van der Waals surface area (Å²) in [7, 11) is 1.23. The fourth-order valence-electron chi connectivity index (χ4n) is 4.14. The number of carbonyl (C=O) groups excluding carboxylic acids is 2. The molecular formula is C33H34N4O5. The van der Waals surface area contributed by atoms with Gasteiger partial charge < -0.3 is 24.8 Å². The van der Waals surface area contributed by atoms with E-state index in [2.05, 4.69) is 20.7 Å². The van der Waals surface area contributed by atoms with E-state index in [-0.39, 0.29) is 11.7 Å². The minimum absolute atomic E-state index is 0.0991. The van der Waals surface area contributed by atoms with Crippen LogP contribution in [0, 0.1) is 5.41 Å². The second-order valence-electron chi connectivity index (χ2n) is 9.26. The Balaban J connectivity index is 1.57. The molecule has 0 radical (unpaired) electrons. The van der Waals surface area contributed by atoms with Gasteiger partial charge in [0.05, 0.1) is 13.7 Å². The molecule has 4 rings (SSSR count). The third-order valence-corrected chi connectivity index (χ3v) is 6.31. The number of amides is 2.